The quantitative estimate of drug-likeness (QED) is 0.668. The molecule has 2 aromatic heterocycles. The van der Waals surface area contributed by atoms with Gasteiger partial charge in [0.2, 0.25) is 0 Å². The summed E-state index contributed by atoms with van der Waals surface area (Å²) in [6, 6.07) is 7.68. The Bertz CT molecular complexity index is 1040. The van der Waals surface area contributed by atoms with Gasteiger partial charge in [-0.25, -0.2) is 0 Å². The third kappa shape index (κ3) is 3.83. The Hall–Kier alpha value is -2.40. The molecule has 0 unspecified atom stereocenters. The van der Waals surface area contributed by atoms with Crippen LogP contribution in [0.2, 0.25) is 0 Å². The number of aromatic nitrogens is 2. The first-order valence-corrected chi connectivity index (χ1v) is 9.57. The van der Waals surface area contributed by atoms with E-state index < -0.39 is 5.54 Å². The molecule has 27 heavy (non-hydrogen) atoms. The molecule has 0 aliphatic rings. The summed E-state index contributed by atoms with van der Waals surface area (Å²) >= 11 is 0. The highest BCUT2D eigenvalue weighted by Gasteiger charge is 2.21. The van der Waals surface area contributed by atoms with Crippen molar-refractivity contribution in [2.45, 2.75) is 53.1 Å². The zero-order chi connectivity index (χ0) is 19.8. The van der Waals surface area contributed by atoms with E-state index in [2.05, 4.69) is 18.8 Å². The van der Waals surface area contributed by atoms with Crippen LogP contribution in [0.15, 0.2) is 35.3 Å². The topological polar surface area (TPSA) is 70.1 Å². The average Bonchev–Trinajstić information content (AvgIpc) is 2.60. The lowest BCUT2D eigenvalue weighted by Gasteiger charge is -2.26. The van der Waals surface area contributed by atoms with Crippen LogP contribution >= 0.6 is 0 Å². The van der Waals surface area contributed by atoms with Crippen molar-refractivity contribution >= 4 is 21.7 Å². The van der Waals surface area contributed by atoms with Crippen LogP contribution in [-0.2, 0) is 6.54 Å². The highest BCUT2D eigenvalue weighted by molar-refractivity contribution is 6.06. The van der Waals surface area contributed by atoms with Gasteiger partial charge in [-0.15, -0.1) is 0 Å². The second kappa shape index (κ2) is 7.31. The van der Waals surface area contributed by atoms with Crippen LogP contribution in [0.3, 0.4) is 0 Å². The fraction of sp³-hybridized carbons (Fsp3) is 0.455. The molecule has 0 spiro atoms. The maximum absolute atomic E-state index is 13.1. The summed E-state index contributed by atoms with van der Waals surface area (Å²) in [6.45, 7) is 11.2. The molecular weight excluding hydrogens is 338 g/mol. The Kier molecular flexibility index (Phi) is 5.24. The SMILES string of the molecule is CCn1c(=O)c2cc(OC[C@@](C)(N)CC(C)C)ccc2c2ccnc(C)c21. The summed E-state index contributed by atoms with van der Waals surface area (Å²) in [6.07, 6.45) is 2.66. The molecule has 0 bridgehead atoms. The Labute approximate surface area is 160 Å². The number of fused-ring (bicyclic) bond motifs is 3. The number of ether oxygens (including phenoxy) is 1. The van der Waals surface area contributed by atoms with Crippen LogP contribution in [0, 0.1) is 12.8 Å². The third-order valence-electron chi connectivity index (χ3n) is 4.89. The lowest BCUT2D eigenvalue weighted by atomic mass is 9.93. The van der Waals surface area contributed by atoms with Crippen LogP contribution < -0.4 is 16.0 Å². The minimum atomic E-state index is -0.404. The fourth-order valence-corrected chi connectivity index (χ4v) is 3.93. The monoisotopic (exact) mass is 367 g/mol. The predicted molar refractivity (Wildman–Crippen MR) is 111 cm³/mol. The largest absolute Gasteiger partial charge is 0.492 e. The molecule has 1 aromatic carbocycles. The van der Waals surface area contributed by atoms with Crippen molar-refractivity contribution in [3.8, 4) is 5.75 Å². The van der Waals surface area contributed by atoms with Gasteiger partial charge < -0.3 is 15.0 Å². The lowest BCUT2D eigenvalue weighted by Crippen LogP contribution is -2.43. The molecule has 0 saturated carbocycles. The van der Waals surface area contributed by atoms with Gasteiger partial charge in [-0.1, -0.05) is 13.8 Å². The minimum Gasteiger partial charge on any atom is -0.492 e. The van der Waals surface area contributed by atoms with E-state index in [1.807, 2.05) is 45.0 Å². The lowest BCUT2D eigenvalue weighted by molar-refractivity contribution is 0.207. The van der Waals surface area contributed by atoms with E-state index >= 15 is 0 Å². The van der Waals surface area contributed by atoms with Crippen molar-refractivity contribution < 1.29 is 4.74 Å². The molecule has 5 nitrogen and oxygen atoms in total. The zero-order valence-corrected chi connectivity index (χ0v) is 16.9. The summed E-state index contributed by atoms with van der Waals surface area (Å²) in [5.74, 6) is 1.17. The Morgan fingerprint density at radius 1 is 1.22 bits per heavy atom. The number of nitrogens with zero attached hydrogens (tertiary/aromatic N) is 2. The number of hydrogen-bond donors (Lipinski definition) is 1. The van der Waals surface area contributed by atoms with E-state index in [1.165, 1.54) is 0 Å². The maximum atomic E-state index is 13.1. The number of aryl methyl sites for hydroxylation is 2. The molecule has 0 amide bonds. The van der Waals surface area contributed by atoms with Gasteiger partial charge in [0.05, 0.1) is 16.6 Å². The maximum Gasteiger partial charge on any atom is 0.259 e. The van der Waals surface area contributed by atoms with E-state index in [0.717, 1.165) is 28.4 Å². The number of pyridine rings is 2. The minimum absolute atomic E-state index is 0.0146. The van der Waals surface area contributed by atoms with Crippen molar-refractivity contribution in [2.75, 3.05) is 6.61 Å². The molecule has 2 N–H and O–H groups in total. The van der Waals surface area contributed by atoms with E-state index in [4.69, 9.17) is 10.5 Å². The van der Waals surface area contributed by atoms with Crippen LogP contribution in [0.5, 0.6) is 5.75 Å². The highest BCUT2D eigenvalue weighted by Crippen LogP contribution is 2.27. The van der Waals surface area contributed by atoms with Gasteiger partial charge in [0.15, 0.2) is 0 Å². The van der Waals surface area contributed by atoms with Crippen molar-refractivity contribution in [3.63, 3.8) is 0 Å². The first-order chi connectivity index (χ1) is 12.7. The number of hydrogen-bond acceptors (Lipinski definition) is 4. The van der Waals surface area contributed by atoms with E-state index in [1.54, 1.807) is 10.8 Å². The molecule has 3 rings (SSSR count). The first kappa shape index (κ1) is 19.4. The third-order valence-corrected chi connectivity index (χ3v) is 4.89. The molecule has 2 heterocycles. The first-order valence-electron chi connectivity index (χ1n) is 9.57. The van der Waals surface area contributed by atoms with Gasteiger partial charge >= 0.3 is 0 Å². The van der Waals surface area contributed by atoms with Gasteiger partial charge in [0.1, 0.15) is 12.4 Å². The number of nitrogens with two attached hydrogens (primary N) is 1. The van der Waals surface area contributed by atoms with Crippen LogP contribution in [-0.4, -0.2) is 21.7 Å². The Morgan fingerprint density at radius 2 is 1.96 bits per heavy atom. The molecule has 144 valence electrons. The van der Waals surface area contributed by atoms with E-state index in [0.29, 0.717) is 30.2 Å². The summed E-state index contributed by atoms with van der Waals surface area (Å²) in [4.78, 5) is 17.4. The summed E-state index contributed by atoms with van der Waals surface area (Å²) in [7, 11) is 0. The van der Waals surface area contributed by atoms with E-state index in [9.17, 15) is 4.79 Å². The molecular formula is C22H29N3O2. The van der Waals surface area contributed by atoms with Crippen molar-refractivity contribution in [3.05, 3.63) is 46.5 Å². The van der Waals surface area contributed by atoms with Crippen molar-refractivity contribution in [1.29, 1.82) is 0 Å². The molecule has 5 heteroatoms. The molecule has 0 aliphatic carbocycles. The highest BCUT2D eigenvalue weighted by atomic mass is 16.5. The Balaban J connectivity index is 2.07. The van der Waals surface area contributed by atoms with E-state index in [-0.39, 0.29) is 5.56 Å². The average molecular weight is 367 g/mol. The smallest absolute Gasteiger partial charge is 0.259 e. The van der Waals surface area contributed by atoms with Crippen molar-refractivity contribution in [2.24, 2.45) is 11.7 Å². The normalized spacial score (nSPS) is 14.0. The second-order valence-corrected chi connectivity index (χ2v) is 8.09. The summed E-state index contributed by atoms with van der Waals surface area (Å²) < 4.78 is 7.75. The molecule has 0 fully saturated rings. The molecule has 3 aromatic rings. The summed E-state index contributed by atoms with van der Waals surface area (Å²) in [5, 5.41) is 2.62. The van der Waals surface area contributed by atoms with Gasteiger partial charge in [-0.05, 0) is 62.8 Å². The number of rotatable bonds is 6. The summed E-state index contributed by atoms with van der Waals surface area (Å²) in [5.41, 5.74) is 7.69. The van der Waals surface area contributed by atoms with Crippen LogP contribution in [0.1, 0.15) is 39.8 Å². The van der Waals surface area contributed by atoms with Gasteiger partial charge in [-0.2, -0.15) is 0 Å². The van der Waals surface area contributed by atoms with Crippen LogP contribution in [0.25, 0.3) is 21.7 Å². The molecule has 0 saturated heterocycles. The van der Waals surface area contributed by atoms with Gasteiger partial charge in [0, 0.05) is 23.7 Å². The fourth-order valence-electron chi connectivity index (χ4n) is 3.93. The van der Waals surface area contributed by atoms with Gasteiger partial charge in [0.25, 0.3) is 5.56 Å². The molecule has 0 radical (unpaired) electrons. The Morgan fingerprint density at radius 3 is 2.63 bits per heavy atom. The standard InChI is InChI=1S/C22H29N3O2/c1-6-25-20-15(4)24-10-9-18(20)17-8-7-16(11-19(17)21(25)26)27-13-22(5,23)12-14(2)3/h7-11,14H,6,12-13,23H2,1-5H3/t22-/m0/s1. The number of benzene rings is 1. The van der Waals surface area contributed by atoms with Crippen LogP contribution in [0.4, 0.5) is 0 Å². The predicted octanol–water partition coefficient (Wildman–Crippen LogP) is 4.02. The molecule has 1 atom stereocenters. The molecule has 0 aliphatic heterocycles. The van der Waals surface area contributed by atoms with Crippen molar-refractivity contribution in [1.82, 2.24) is 9.55 Å². The second-order valence-electron chi connectivity index (χ2n) is 8.09. The zero-order valence-electron chi connectivity index (χ0n) is 16.9. The van der Waals surface area contributed by atoms with Gasteiger partial charge in [-0.3, -0.25) is 9.78 Å².